The summed E-state index contributed by atoms with van der Waals surface area (Å²) in [5, 5.41) is 4.90. The quantitative estimate of drug-likeness (QED) is 0.537. The number of likely N-dealkylation sites (tertiary alicyclic amines) is 1. The maximum Gasteiger partial charge on any atom is 0.262 e. The predicted octanol–water partition coefficient (Wildman–Crippen LogP) is 2.60. The second-order valence-electron chi connectivity index (χ2n) is 6.99. The number of hydrogen-bond donors (Lipinski definition) is 1. The number of nitrogens with zero attached hydrogens (tertiary/aromatic N) is 4. The molecule has 0 bridgehead atoms. The lowest BCUT2D eigenvalue weighted by Crippen LogP contribution is -2.38. The minimum absolute atomic E-state index is 0.0479. The summed E-state index contributed by atoms with van der Waals surface area (Å²) in [6.07, 6.45) is 3.47. The van der Waals surface area contributed by atoms with Crippen molar-refractivity contribution in [1.29, 1.82) is 0 Å². The summed E-state index contributed by atoms with van der Waals surface area (Å²) >= 11 is 1.20. The maximum absolute atomic E-state index is 13.2. The van der Waals surface area contributed by atoms with Crippen molar-refractivity contribution >= 4 is 28.7 Å². The number of rotatable bonds is 4. The molecule has 0 atom stereocenters. The average Bonchev–Trinajstić information content (AvgIpc) is 3.12. The summed E-state index contributed by atoms with van der Waals surface area (Å²) in [6, 6.07) is 5.78. The van der Waals surface area contributed by atoms with Gasteiger partial charge in [0, 0.05) is 13.1 Å². The second kappa shape index (κ2) is 7.75. The topological polar surface area (TPSA) is 83.9 Å². The van der Waals surface area contributed by atoms with Crippen molar-refractivity contribution in [1.82, 2.24) is 24.6 Å². The third-order valence-electron chi connectivity index (χ3n) is 4.96. The van der Waals surface area contributed by atoms with Crippen molar-refractivity contribution in [2.24, 2.45) is 5.92 Å². The van der Waals surface area contributed by atoms with Gasteiger partial charge in [-0.1, -0.05) is 18.7 Å². The molecule has 9 heteroatoms. The molecule has 28 heavy (non-hydrogen) atoms. The number of H-pyrrole nitrogens is 1. The highest BCUT2D eigenvalue weighted by atomic mass is 32.2. The molecule has 1 N–H and O–H groups in total. The zero-order valence-corrected chi connectivity index (χ0v) is 16.2. The highest BCUT2D eigenvalue weighted by Gasteiger charge is 2.21. The molecule has 1 aromatic carbocycles. The van der Waals surface area contributed by atoms with Crippen LogP contribution in [0.1, 0.15) is 19.8 Å². The van der Waals surface area contributed by atoms with Crippen molar-refractivity contribution < 1.29 is 9.18 Å². The van der Waals surface area contributed by atoms with Gasteiger partial charge < -0.3 is 9.88 Å². The summed E-state index contributed by atoms with van der Waals surface area (Å²) in [4.78, 5) is 33.8. The first kappa shape index (κ1) is 18.7. The van der Waals surface area contributed by atoms with Gasteiger partial charge in [-0.2, -0.15) is 5.10 Å². The van der Waals surface area contributed by atoms with Crippen LogP contribution in [0.3, 0.4) is 0 Å². The molecule has 1 amide bonds. The van der Waals surface area contributed by atoms with Gasteiger partial charge in [-0.05, 0) is 43.0 Å². The Hall–Kier alpha value is -2.68. The number of nitrogens with one attached hydrogen (secondary N) is 1. The van der Waals surface area contributed by atoms with Gasteiger partial charge in [-0.25, -0.2) is 14.1 Å². The molecule has 1 saturated heterocycles. The fourth-order valence-corrected chi connectivity index (χ4v) is 3.98. The third-order valence-corrected chi connectivity index (χ3v) is 5.81. The zero-order valence-electron chi connectivity index (χ0n) is 15.4. The number of aromatic amines is 1. The summed E-state index contributed by atoms with van der Waals surface area (Å²) in [6.45, 7) is 3.76. The molecule has 0 aliphatic carbocycles. The molecule has 1 aliphatic rings. The number of piperidine rings is 1. The summed E-state index contributed by atoms with van der Waals surface area (Å²) in [5.74, 6) is 0.566. The molecule has 0 radical (unpaired) electrons. The number of amides is 1. The first-order valence-corrected chi connectivity index (χ1v) is 10.1. The highest BCUT2D eigenvalue weighted by molar-refractivity contribution is 7.99. The number of thioether (sulfide) groups is 1. The Kier molecular flexibility index (Phi) is 5.17. The largest absolute Gasteiger partial charge is 0.342 e. The van der Waals surface area contributed by atoms with Crippen LogP contribution < -0.4 is 5.56 Å². The Labute approximate surface area is 165 Å². The zero-order chi connectivity index (χ0) is 19.7. The van der Waals surface area contributed by atoms with Gasteiger partial charge in [0.05, 0.1) is 17.6 Å². The fraction of sp³-hybridized carbons (Fsp3) is 0.368. The van der Waals surface area contributed by atoms with Crippen LogP contribution in [0.25, 0.3) is 16.7 Å². The predicted molar refractivity (Wildman–Crippen MR) is 105 cm³/mol. The second-order valence-corrected chi connectivity index (χ2v) is 7.96. The maximum atomic E-state index is 13.2. The molecule has 4 rings (SSSR count). The summed E-state index contributed by atoms with van der Waals surface area (Å²) in [7, 11) is 0. The van der Waals surface area contributed by atoms with Crippen molar-refractivity contribution in [3.05, 3.63) is 46.6 Å². The Morgan fingerprint density at radius 2 is 2.00 bits per heavy atom. The van der Waals surface area contributed by atoms with Crippen LogP contribution in [0.15, 0.2) is 40.4 Å². The molecule has 0 unspecified atom stereocenters. The molecule has 3 heterocycles. The molecule has 0 saturated carbocycles. The molecule has 3 aromatic rings. The van der Waals surface area contributed by atoms with Crippen LogP contribution in [-0.4, -0.2) is 49.4 Å². The van der Waals surface area contributed by atoms with E-state index in [9.17, 15) is 14.0 Å². The Morgan fingerprint density at radius 1 is 1.29 bits per heavy atom. The SMILES string of the molecule is CC1CCN(C(=O)CSc2nc3c(cnn3-c3ccc(F)cc3)c(=O)[nH]2)CC1. The van der Waals surface area contributed by atoms with Gasteiger partial charge >= 0.3 is 0 Å². The number of carbonyl (C=O) groups excluding carboxylic acids is 1. The van der Waals surface area contributed by atoms with Crippen LogP contribution in [-0.2, 0) is 4.79 Å². The first-order valence-electron chi connectivity index (χ1n) is 9.16. The van der Waals surface area contributed by atoms with Crippen LogP contribution in [0.5, 0.6) is 0 Å². The number of benzene rings is 1. The van der Waals surface area contributed by atoms with Crippen molar-refractivity contribution in [3.8, 4) is 5.69 Å². The molecular formula is C19H20FN5O2S. The molecule has 146 valence electrons. The molecule has 1 aliphatic heterocycles. The van der Waals surface area contributed by atoms with Crippen molar-refractivity contribution in [3.63, 3.8) is 0 Å². The van der Waals surface area contributed by atoms with E-state index in [0.717, 1.165) is 25.9 Å². The minimum atomic E-state index is -0.354. The van der Waals surface area contributed by atoms with E-state index >= 15 is 0 Å². The minimum Gasteiger partial charge on any atom is -0.342 e. The normalized spacial score (nSPS) is 15.3. The van der Waals surface area contributed by atoms with Gasteiger partial charge in [0.25, 0.3) is 5.56 Å². The first-order chi connectivity index (χ1) is 13.5. The monoisotopic (exact) mass is 401 g/mol. The van der Waals surface area contributed by atoms with E-state index < -0.39 is 0 Å². The lowest BCUT2D eigenvalue weighted by molar-refractivity contribution is -0.129. The lowest BCUT2D eigenvalue weighted by Gasteiger charge is -2.30. The number of aromatic nitrogens is 4. The van der Waals surface area contributed by atoms with E-state index in [0.29, 0.717) is 27.8 Å². The van der Waals surface area contributed by atoms with E-state index in [1.165, 1.54) is 34.8 Å². The molecular weight excluding hydrogens is 381 g/mol. The van der Waals surface area contributed by atoms with Gasteiger partial charge in [-0.3, -0.25) is 9.59 Å². The van der Waals surface area contributed by atoms with Crippen molar-refractivity contribution in [2.75, 3.05) is 18.8 Å². The number of carbonyl (C=O) groups is 1. The Morgan fingerprint density at radius 3 is 2.71 bits per heavy atom. The van der Waals surface area contributed by atoms with E-state index in [1.54, 1.807) is 12.1 Å². The third kappa shape index (κ3) is 3.80. The van der Waals surface area contributed by atoms with Crippen LogP contribution >= 0.6 is 11.8 Å². The fourth-order valence-electron chi connectivity index (χ4n) is 3.22. The van der Waals surface area contributed by atoms with Gasteiger partial charge in [-0.15, -0.1) is 0 Å². The van der Waals surface area contributed by atoms with E-state index in [2.05, 4.69) is 22.0 Å². The molecule has 2 aromatic heterocycles. The molecule has 1 fully saturated rings. The van der Waals surface area contributed by atoms with Gasteiger partial charge in [0.2, 0.25) is 5.91 Å². The van der Waals surface area contributed by atoms with E-state index in [-0.39, 0.29) is 23.0 Å². The Bertz CT molecular complexity index is 1050. The van der Waals surface area contributed by atoms with Crippen LogP contribution in [0.4, 0.5) is 4.39 Å². The Balaban J connectivity index is 1.55. The smallest absolute Gasteiger partial charge is 0.262 e. The average molecular weight is 401 g/mol. The number of halogens is 1. The van der Waals surface area contributed by atoms with Gasteiger partial charge in [0.15, 0.2) is 10.8 Å². The highest BCUT2D eigenvalue weighted by Crippen LogP contribution is 2.20. The summed E-state index contributed by atoms with van der Waals surface area (Å²) < 4.78 is 14.7. The van der Waals surface area contributed by atoms with E-state index in [4.69, 9.17) is 0 Å². The molecule has 7 nitrogen and oxygen atoms in total. The van der Waals surface area contributed by atoms with Crippen LogP contribution in [0.2, 0.25) is 0 Å². The van der Waals surface area contributed by atoms with Crippen LogP contribution in [0, 0.1) is 11.7 Å². The number of hydrogen-bond acceptors (Lipinski definition) is 5. The molecule has 0 spiro atoms. The van der Waals surface area contributed by atoms with Gasteiger partial charge in [0.1, 0.15) is 11.2 Å². The lowest BCUT2D eigenvalue weighted by atomic mass is 9.99. The standard InChI is InChI=1S/C19H20FN5O2S/c1-12-6-8-24(9-7-12)16(26)11-28-19-22-17-15(18(27)23-19)10-21-25(17)14-4-2-13(20)3-5-14/h2-5,10,12H,6-9,11H2,1H3,(H,22,23,27). The van der Waals surface area contributed by atoms with E-state index in [1.807, 2.05) is 4.90 Å². The number of fused-ring (bicyclic) bond motifs is 1. The summed E-state index contributed by atoms with van der Waals surface area (Å²) in [5.41, 5.74) is 0.654. The van der Waals surface area contributed by atoms with Crippen molar-refractivity contribution in [2.45, 2.75) is 24.9 Å².